The average molecular weight is 301 g/mol. The number of nitrogens with zero attached hydrogens (tertiary/aromatic N) is 3. The lowest BCUT2D eigenvalue weighted by Crippen LogP contribution is -1.94. The van der Waals surface area contributed by atoms with Gasteiger partial charge in [0.2, 0.25) is 0 Å². The topological polar surface area (TPSA) is 50.7 Å². The van der Waals surface area contributed by atoms with Crippen molar-refractivity contribution in [2.75, 3.05) is 5.32 Å². The second-order valence-corrected chi connectivity index (χ2v) is 4.66. The Morgan fingerprint density at radius 2 is 2.00 bits per heavy atom. The number of hydrogen-bond donors (Lipinski definition) is 1. The highest BCUT2D eigenvalue weighted by molar-refractivity contribution is 9.10. The average Bonchev–Trinajstić information content (AvgIpc) is 2.40. The molecule has 0 aromatic carbocycles. The minimum Gasteiger partial charge on any atom is -0.352 e. The Kier molecular flexibility index (Phi) is 2.90. The fourth-order valence-electron chi connectivity index (χ4n) is 1.70. The van der Waals surface area contributed by atoms with E-state index in [2.05, 4.69) is 36.2 Å². The van der Waals surface area contributed by atoms with Crippen molar-refractivity contribution < 1.29 is 0 Å². The summed E-state index contributed by atoms with van der Waals surface area (Å²) < 4.78 is 0.918. The maximum atomic E-state index is 4.38. The summed E-state index contributed by atoms with van der Waals surface area (Å²) in [6, 6.07) is 7.68. The van der Waals surface area contributed by atoms with Gasteiger partial charge in [0, 0.05) is 23.1 Å². The molecule has 3 aromatic heterocycles. The van der Waals surface area contributed by atoms with Gasteiger partial charge < -0.3 is 5.32 Å². The van der Waals surface area contributed by atoms with Crippen LogP contribution >= 0.6 is 15.9 Å². The van der Waals surface area contributed by atoms with E-state index in [0.29, 0.717) is 0 Å². The zero-order valence-electron chi connectivity index (χ0n) is 9.34. The van der Waals surface area contributed by atoms with Crippen molar-refractivity contribution in [3.05, 3.63) is 53.5 Å². The molecule has 0 aliphatic carbocycles. The minimum atomic E-state index is 0.838. The Hall–Kier alpha value is -2.01. The van der Waals surface area contributed by atoms with E-state index >= 15 is 0 Å². The highest BCUT2D eigenvalue weighted by Crippen LogP contribution is 2.24. The maximum Gasteiger partial charge on any atom is 0.112 e. The summed E-state index contributed by atoms with van der Waals surface area (Å²) in [5.41, 5.74) is 3.53. The molecule has 88 valence electrons. The maximum absolute atomic E-state index is 4.38. The van der Waals surface area contributed by atoms with E-state index in [4.69, 9.17) is 0 Å². The van der Waals surface area contributed by atoms with Crippen LogP contribution in [0.25, 0.3) is 11.0 Å². The predicted octanol–water partition coefficient (Wildman–Crippen LogP) is 3.53. The van der Waals surface area contributed by atoms with Crippen molar-refractivity contribution in [3.8, 4) is 0 Å². The van der Waals surface area contributed by atoms with Crippen molar-refractivity contribution >= 4 is 38.3 Å². The largest absolute Gasteiger partial charge is 0.352 e. The van der Waals surface area contributed by atoms with Crippen molar-refractivity contribution in [1.29, 1.82) is 0 Å². The molecular weight excluding hydrogens is 292 g/mol. The van der Waals surface area contributed by atoms with Crippen molar-refractivity contribution in [2.45, 2.75) is 0 Å². The van der Waals surface area contributed by atoms with E-state index in [9.17, 15) is 0 Å². The van der Waals surface area contributed by atoms with Gasteiger partial charge in [-0.3, -0.25) is 15.0 Å². The van der Waals surface area contributed by atoms with E-state index in [-0.39, 0.29) is 0 Å². The van der Waals surface area contributed by atoms with Gasteiger partial charge in [-0.15, -0.1) is 0 Å². The fourth-order valence-corrected chi connectivity index (χ4v) is 2.02. The SMILES string of the molecule is Brc1cnc2c(Nc3cccnc3)ccnc2c1. The molecule has 1 N–H and O–H groups in total. The first-order valence-electron chi connectivity index (χ1n) is 5.40. The summed E-state index contributed by atoms with van der Waals surface area (Å²) in [5.74, 6) is 0. The monoisotopic (exact) mass is 300 g/mol. The molecule has 18 heavy (non-hydrogen) atoms. The predicted molar refractivity (Wildman–Crippen MR) is 74.8 cm³/mol. The van der Waals surface area contributed by atoms with Crippen LogP contribution in [-0.2, 0) is 0 Å². The number of pyridine rings is 3. The molecule has 3 rings (SSSR count). The highest BCUT2D eigenvalue weighted by atomic mass is 79.9. The third-order valence-electron chi connectivity index (χ3n) is 2.48. The highest BCUT2D eigenvalue weighted by Gasteiger charge is 2.04. The summed E-state index contributed by atoms with van der Waals surface area (Å²) in [6.07, 6.45) is 7.03. The molecule has 0 aliphatic heterocycles. The van der Waals surface area contributed by atoms with E-state index in [1.54, 1.807) is 24.8 Å². The molecule has 0 fully saturated rings. The smallest absolute Gasteiger partial charge is 0.112 e. The first kappa shape index (κ1) is 11.1. The molecule has 0 amide bonds. The summed E-state index contributed by atoms with van der Waals surface area (Å²) in [5, 5.41) is 3.29. The molecule has 0 saturated carbocycles. The molecule has 0 aliphatic rings. The Balaban J connectivity index is 2.07. The second-order valence-electron chi connectivity index (χ2n) is 3.75. The Labute approximate surface area is 112 Å². The lowest BCUT2D eigenvalue weighted by Gasteiger charge is -2.08. The van der Waals surface area contributed by atoms with Crippen LogP contribution in [0.5, 0.6) is 0 Å². The standard InChI is InChI=1S/C13H9BrN4/c14-9-6-12-13(17-7-9)11(3-5-16-12)18-10-2-1-4-15-8-10/h1-8H,(H,16,18). The molecule has 5 heteroatoms. The van der Waals surface area contributed by atoms with Gasteiger partial charge in [0.25, 0.3) is 0 Å². The number of nitrogens with one attached hydrogen (secondary N) is 1. The van der Waals surface area contributed by atoms with Crippen LogP contribution in [0.3, 0.4) is 0 Å². The van der Waals surface area contributed by atoms with Crippen LogP contribution in [0, 0.1) is 0 Å². The summed E-state index contributed by atoms with van der Waals surface area (Å²) in [7, 11) is 0. The van der Waals surface area contributed by atoms with Crippen LogP contribution in [0.2, 0.25) is 0 Å². The van der Waals surface area contributed by atoms with Crippen LogP contribution in [0.15, 0.2) is 53.5 Å². The minimum absolute atomic E-state index is 0.838. The van der Waals surface area contributed by atoms with E-state index in [0.717, 1.165) is 26.9 Å². The van der Waals surface area contributed by atoms with Crippen molar-refractivity contribution in [3.63, 3.8) is 0 Å². The molecule has 0 spiro atoms. The zero-order chi connectivity index (χ0) is 12.4. The summed E-state index contributed by atoms with van der Waals surface area (Å²) in [6.45, 7) is 0. The van der Waals surface area contributed by atoms with Gasteiger partial charge in [0.1, 0.15) is 5.52 Å². The molecule has 3 heterocycles. The molecule has 0 saturated heterocycles. The molecule has 0 radical (unpaired) electrons. The Bertz CT molecular complexity index is 685. The van der Waals surface area contributed by atoms with Crippen molar-refractivity contribution in [2.24, 2.45) is 0 Å². The quantitative estimate of drug-likeness (QED) is 0.786. The van der Waals surface area contributed by atoms with Crippen LogP contribution < -0.4 is 5.32 Å². The first-order chi connectivity index (χ1) is 8.83. The van der Waals surface area contributed by atoms with Crippen LogP contribution in [0.4, 0.5) is 11.4 Å². The lowest BCUT2D eigenvalue weighted by atomic mass is 10.2. The number of fused-ring (bicyclic) bond motifs is 1. The van der Waals surface area contributed by atoms with Gasteiger partial charge in [0.05, 0.1) is 23.1 Å². The van der Waals surface area contributed by atoms with Gasteiger partial charge in [0.15, 0.2) is 0 Å². The molecule has 0 bridgehead atoms. The molecule has 0 unspecified atom stereocenters. The third kappa shape index (κ3) is 2.17. The van der Waals surface area contributed by atoms with Gasteiger partial charge in [-0.1, -0.05) is 0 Å². The zero-order valence-corrected chi connectivity index (χ0v) is 10.9. The number of anilines is 2. The summed E-state index contributed by atoms with van der Waals surface area (Å²) in [4.78, 5) is 12.7. The third-order valence-corrected chi connectivity index (χ3v) is 2.92. The molecule has 0 atom stereocenters. The van der Waals surface area contributed by atoms with E-state index < -0.39 is 0 Å². The second kappa shape index (κ2) is 4.70. The number of halogens is 1. The number of aromatic nitrogens is 3. The number of hydrogen-bond acceptors (Lipinski definition) is 4. The van der Waals surface area contributed by atoms with Gasteiger partial charge >= 0.3 is 0 Å². The molecule has 4 nitrogen and oxygen atoms in total. The first-order valence-corrected chi connectivity index (χ1v) is 6.19. The molecular formula is C13H9BrN4. The molecule has 3 aromatic rings. The van der Waals surface area contributed by atoms with Crippen LogP contribution in [-0.4, -0.2) is 15.0 Å². The van der Waals surface area contributed by atoms with Gasteiger partial charge in [-0.2, -0.15) is 0 Å². The Morgan fingerprint density at radius 1 is 1.06 bits per heavy atom. The van der Waals surface area contributed by atoms with E-state index in [1.807, 2.05) is 24.3 Å². The normalized spacial score (nSPS) is 10.5. The lowest BCUT2D eigenvalue weighted by molar-refractivity contribution is 1.30. The Morgan fingerprint density at radius 3 is 2.83 bits per heavy atom. The number of rotatable bonds is 2. The summed E-state index contributed by atoms with van der Waals surface area (Å²) >= 11 is 3.39. The van der Waals surface area contributed by atoms with E-state index in [1.165, 1.54) is 0 Å². The van der Waals surface area contributed by atoms with Gasteiger partial charge in [-0.05, 0) is 40.2 Å². The van der Waals surface area contributed by atoms with Crippen LogP contribution in [0.1, 0.15) is 0 Å². The van der Waals surface area contributed by atoms with Gasteiger partial charge in [-0.25, -0.2) is 0 Å². The fraction of sp³-hybridized carbons (Fsp3) is 0. The van der Waals surface area contributed by atoms with Crippen molar-refractivity contribution in [1.82, 2.24) is 15.0 Å².